The molecule has 1 heterocycles. The molecule has 0 radical (unpaired) electrons. The Labute approximate surface area is 126 Å². The summed E-state index contributed by atoms with van der Waals surface area (Å²) in [6.07, 6.45) is 5.91. The fraction of sp³-hybridized carbons (Fsp3) is 0.625. The van der Waals surface area contributed by atoms with Crippen molar-refractivity contribution in [1.29, 1.82) is 0 Å². The standard InChI is InChI=1S/C16H26N4O/c1-11(2)9-10-20(12-5-3-4-6-12)16-13(17)7-8-14(19-16)15(18)21/h7-8,11-12H,3-6,9-10,17H2,1-2H3,(H2,18,21). The number of amides is 1. The molecule has 1 aliphatic carbocycles. The maximum absolute atomic E-state index is 11.4. The highest BCUT2D eigenvalue weighted by Crippen LogP contribution is 2.31. The van der Waals surface area contributed by atoms with Gasteiger partial charge in [-0.25, -0.2) is 4.98 Å². The van der Waals surface area contributed by atoms with E-state index in [1.807, 2.05) is 0 Å². The van der Waals surface area contributed by atoms with E-state index in [1.54, 1.807) is 12.1 Å². The van der Waals surface area contributed by atoms with Crippen molar-refractivity contribution >= 4 is 17.4 Å². The Morgan fingerprint density at radius 2 is 2.05 bits per heavy atom. The van der Waals surface area contributed by atoms with Crippen LogP contribution in [0.1, 0.15) is 56.4 Å². The lowest BCUT2D eigenvalue weighted by Crippen LogP contribution is -2.36. The van der Waals surface area contributed by atoms with Gasteiger partial charge in [-0.1, -0.05) is 26.7 Å². The van der Waals surface area contributed by atoms with Crippen LogP contribution >= 0.6 is 0 Å². The molecule has 1 amide bonds. The number of anilines is 2. The van der Waals surface area contributed by atoms with Gasteiger partial charge < -0.3 is 16.4 Å². The molecule has 5 heteroatoms. The third-order valence-corrected chi connectivity index (χ3v) is 4.14. The quantitative estimate of drug-likeness (QED) is 0.843. The summed E-state index contributed by atoms with van der Waals surface area (Å²) < 4.78 is 0. The molecule has 1 saturated carbocycles. The first-order valence-electron chi connectivity index (χ1n) is 7.82. The molecule has 1 aliphatic rings. The van der Waals surface area contributed by atoms with Gasteiger partial charge in [-0.05, 0) is 37.3 Å². The van der Waals surface area contributed by atoms with Crippen LogP contribution in [0.3, 0.4) is 0 Å². The average molecular weight is 290 g/mol. The maximum atomic E-state index is 11.4. The van der Waals surface area contributed by atoms with Crippen molar-refractivity contribution in [2.24, 2.45) is 11.7 Å². The summed E-state index contributed by atoms with van der Waals surface area (Å²) in [5, 5.41) is 0. The minimum Gasteiger partial charge on any atom is -0.396 e. The number of nitrogen functional groups attached to an aromatic ring is 1. The van der Waals surface area contributed by atoms with Crippen LogP contribution in [0.2, 0.25) is 0 Å². The molecule has 0 aromatic carbocycles. The molecular weight excluding hydrogens is 264 g/mol. The van der Waals surface area contributed by atoms with E-state index in [4.69, 9.17) is 11.5 Å². The first-order valence-corrected chi connectivity index (χ1v) is 7.82. The fourth-order valence-electron chi connectivity index (χ4n) is 2.90. The lowest BCUT2D eigenvalue weighted by atomic mass is 10.1. The lowest BCUT2D eigenvalue weighted by molar-refractivity contribution is 0.0995. The molecule has 1 fully saturated rings. The maximum Gasteiger partial charge on any atom is 0.267 e. The van der Waals surface area contributed by atoms with Gasteiger partial charge in [0.25, 0.3) is 5.91 Å². The van der Waals surface area contributed by atoms with Crippen molar-refractivity contribution < 1.29 is 4.79 Å². The topological polar surface area (TPSA) is 85.2 Å². The van der Waals surface area contributed by atoms with Gasteiger partial charge >= 0.3 is 0 Å². The zero-order valence-electron chi connectivity index (χ0n) is 13.0. The van der Waals surface area contributed by atoms with Crippen molar-refractivity contribution in [3.63, 3.8) is 0 Å². The highest BCUT2D eigenvalue weighted by molar-refractivity contribution is 5.91. The minimum absolute atomic E-state index is 0.284. The van der Waals surface area contributed by atoms with Gasteiger partial charge in [-0.3, -0.25) is 4.79 Å². The summed E-state index contributed by atoms with van der Waals surface area (Å²) in [5.74, 6) is 0.833. The summed E-state index contributed by atoms with van der Waals surface area (Å²) in [5.41, 5.74) is 12.4. The number of aromatic nitrogens is 1. The molecule has 0 saturated heterocycles. The van der Waals surface area contributed by atoms with E-state index >= 15 is 0 Å². The second kappa shape index (κ2) is 6.78. The number of nitrogens with two attached hydrogens (primary N) is 2. The molecule has 0 unspecified atom stereocenters. The third-order valence-electron chi connectivity index (χ3n) is 4.14. The van der Waals surface area contributed by atoms with E-state index in [9.17, 15) is 4.79 Å². The SMILES string of the molecule is CC(C)CCN(c1nc(C(N)=O)ccc1N)C1CCCC1. The Bertz CT molecular complexity index is 495. The van der Waals surface area contributed by atoms with E-state index < -0.39 is 5.91 Å². The molecule has 21 heavy (non-hydrogen) atoms. The Morgan fingerprint density at radius 3 is 2.62 bits per heavy atom. The third kappa shape index (κ3) is 3.86. The Morgan fingerprint density at radius 1 is 1.38 bits per heavy atom. The molecule has 0 bridgehead atoms. The molecule has 5 nitrogen and oxygen atoms in total. The van der Waals surface area contributed by atoms with Crippen LogP contribution in [0.5, 0.6) is 0 Å². The summed E-state index contributed by atoms with van der Waals surface area (Å²) in [7, 11) is 0. The summed E-state index contributed by atoms with van der Waals surface area (Å²) >= 11 is 0. The highest BCUT2D eigenvalue weighted by atomic mass is 16.1. The summed E-state index contributed by atoms with van der Waals surface area (Å²) in [6, 6.07) is 3.80. The van der Waals surface area contributed by atoms with Crippen LogP contribution in [-0.4, -0.2) is 23.5 Å². The van der Waals surface area contributed by atoms with E-state index in [2.05, 4.69) is 23.7 Å². The smallest absolute Gasteiger partial charge is 0.267 e. The first kappa shape index (κ1) is 15.6. The number of pyridine rings is 1. The van der Waals surface area contributed by atoms with Gasteiger partial charge in [0, 0.05) is 12.6 Å². The fourth-order valence-corrected chi connectivity index (χ4v) is 2.90. The van der Waals surface area contributed by atoms with Gasteiger partial charge in [0.05, 0.1) is 5.69 Å². The van der Waals surface area contributed by atoms with Crippen LogP contribution < -0.4 is 16.4 Å². The summed E-state index contributed by atoms with van der Waals surface area (Å²) in [6.45, 7) is 5.34. The van der Waals surface area contributed by atoms with Gasteiger partial charge in [-0.2, -0.15) is 0 Å². The average Bonchev–Trinajstić information content (AvgIpc) is 2.94. The van der Waals surface area contributed by atoms with E-state index in [0.717, 1.165) is 18.8 Å². The van der Waals surface area contributed by atoms with Crippen LogP contribution in [0.4, 0.5) is 11.5 Å². The molecule has 116 valence electrons. The Balaban J connectivity index is 2.29. The van der Waals surface area contributed by atoms with Gasteiger partial charge in [0.1, 0.15) is 5.69 Å². The van der Waals surface area contributed by atoms with E-state index in [0.29, 0.717) is 17.6 Å². The number of hydrogen-bond donors (Lipinski definition) is 2. The summed E-state index contributed by atoms with van der Waals surface area (Å²) in [4.78, 5) is 18.1. The second-order valence-electron chi connectivity index (χ2n) is 6.29. The van der Waals surface area contributed by atoms with E-state index in [1.165, 1.54) is 25.7 Å². The molecule has 0 aliphatic heterocycles. The van der Waals surface area contributed by atoms with Gasteiger partial charge in [0.15, 0.2) is 5.82 Å². The highest BCUT2D eigenvalue weighted by Gasteiger charge is 2.25. The number of primary amides is 1. The molecular formula is C16H26N4O. The Kier molecular flexibility index (Phi) is 5.04. The number of carbonyl (C=O) groups excluding carboxylic acids is 1. The number of rotatable bonds is 6. The molecule has 1 aromatic heterocycles. The minimum atomic E-state index is -0.508. The molecule has 0 atom stereocenters. The van der Waals surface area contributed by atoms with E-state index in [-0.39, 0.29) is 5.69 Å². The lowest BCUT2D eigenvalue weighted by Gasteiger charge is -2.32. The predicted molar refractivity (Wildman–Crippen MR) is 86.2 cm³/mol. The van der Waals surface area contributed by atoms with Crippen LogP contribution in [0.15, 0.2) is 12.1 Å². The monoisotopic (exact) mass is 290 g/mol. The number of nitrogens with zero attached hydrogens (tertiary/aromatic N) is 2. The van der Waals surface area contributed by atoms with Crippen molar-refractivity contribution in [3.8, 4) is 0 Å². The van der Waals surface area contributed by atoms with Crippen LogP contribution in [-0.2, 0) is 0 Å². The molecule has 4 N–H and O–H groups in total. The van der Waals surface area contributed by atoms with Crippen molar-refractivity contribution in [2.75, 3.05) is 17.2 Å². The normalized spacial score (nSPS) is 15.6. The molecule has 1 aromatic rings. The molecule has 2 rings (SSSR count). The van der Waals surface area contributed by atoms with Crippen molar-refractivity contribution in [3.05, 3.63) is 17.8 Å². The Hall–Kier alpha value is -1.78. The number of hydrogen-bond acceptors (Lipinski definition) is 4. The largest absolute Gasteiger partial charge is 0.396 e. The zero-order chi connectivity index (χ0) is 15.4. The second-order valence-corrected chi connectivity index (χ2v) is 6.29. The van der Waals surface area contributed by atoms with Gasteiger partial charge in [0.2, 0.25) is 0 Å². The van der Waals surface area contributed by atoms with Crippen molar-refractivity contribution in [1.82, 2.24) is 4.98 Å². The van der Waals surface area contributed by atoms with Crippen LogP contribution in [0, 0.1) is 5.92 Å². The van der Waals surface area contributed by atoms with Gasteiger partial charge in [-0.15, -0.1) is 0 Å². The predicted octanol–water partition coefficient (Wildman–Crippen LogP) is 2.56. The van der Waals surface area contributed by atoms with Crippen molar-refractivity contribution in [2.45, 2.75) is 52.0 Å². The zero-order valence-corrected chi connectivity index (χ0v) is 13.0. The first-order chi connectivity index (χ1) is 9.99. The molecule has 0 spiro atoms. The van der Waals surface area contributed by atoms with Crippen LogP contribution in [0.25, 0.3) is 0 Å². The number of carbonyl (C=O) groups is 1.